The minimum atomic E-state index is -0.148. The lowest BCUT2D eigenvalue weighted by molar-refractivity contribution is 0.398. The predicted octanol–water partition coefficient (Wildman–Crippen LogP) is 5.60. The van der Waals surface area contributed by atoms with Crippen molar-refractivity contribution in [3.8, 4) is 11.4 Å². The molecule has 1 unspecified atom stereocenters. The number of benzene rings is 2. The van der Waals surface area contributed by atoms with E-state index in [2.05, 4.69) is 80.3 Å². The summed E-state index contributed by atoms with van der Waals surface area (Å²) in [6.07, 6.45) is 1.000. The Morgan fingerprint density at radius 3 is 2.42 bits per heavy atom. The highest BCUT2D eigenvalue weighted by atomic mass is 32.1. The summed E-state index contributed by atoms with van der Waals surface area (Å²) < 4.78 is 5.79. The van der Waals surface area contributed by atoms with Crippen LogP contribution in [0.15, 0.2) is 52.7 Å². The van der Waals surface area contributed by atoms with Crippen molar-refractivity contribution < 1.29 is 4.52 Å². The fourth-order valence-electron chi connectivity index (χ4n) is 3.97. The van der Waals surface area contributed by atoms with Gasteiger partial charge in [0.2, 0.25) is 5.82 Å². The predicted molar refractivity (Wildman–Crippen MR) is 128 cm³/mol. The minimum absolute atomic E-state index is 0.148. The third kappa shape index (κ3) is 4.00. The molecule has 4 rings (SSSR count). The zero-order valence-corrected chi connectivity index (χ0v) is 19.5. The normalized spacial score (nSPS) is 16.6. The van der Waals surface area contributed by atoms with Crippen molar-refractivity contribution in [1.82, 2.24) is 20.4 Å². The van der Waals surface area contributed by atoms with E-state index in [0.29, 0.717) is 16.8 Å². The van der Waals surface area contributed by atoms with Gasteiger partial charge < -0.3 is 14.7 Å². The third-order valence-electron chi connectivity index (χ3n) is 6.05. The fourth-order valence-corrected chi connectivity index (χ4v) is 4.36. The van der Waals surface area contributed by atoms with Gasteiger partial charge >= 0.3 is 0 Å². The first kappa shape index (κ1) is 21.2. The van der Waals surface area contributed by atoms with E-state index in [1.165, 1.54) is 16.7 Å². The number of hydrogen-bond acceptors (Lipinski definition) is 4. The van der Waals surface area contributed by atoms with Crippen LogP contribution in [0, 0.1) is 13.8 Å². The van der Waals surface area contributed by atoms with Crippen LogP contribution in [0.2, 0.25) is 0 Å². The zero-order chi connectivity index (χ0) is 22.1. The molecule has 1 N–H and O–H groups in total. The summed E-state index contributed by atoms with van der Waals surface area (Å²) in [7, 11) is 0. The second kappa shape index (κ2) is 8.63. The first-order valence-corrected chi connectivity index (χ1v) is 11.1. The van der Waals surface area contributed by atoms with E-state index in [4.69, 9.17) is 21.7 Å². The van der Waals surface area contributed by atoms with Crippen LogP contribution in [0.1, 0.15) is 55.0 Å². The lowest BCUT2D eigenvalue weighted by atomic mass is 9.92. The number of nitrogens with one attached hydrogen (secondary N) is 1. The standard InChI is InChI=1S/C25H28N4OS/c1-6-18-9-12-19(13-10-18)23-27-24(30-28-23)21-17(5)29(7-2)25(31)26-22(21)20-11-8-15(3)16(4)14-20/h8-14,22H,6-7H2,1-5H3,(H,26,31). The van der Waals surface area contributed by atoms with Crippen molar-refractivity contribution in [3.05, 3.63) is 76.3 Å². The Morgan fingerprint density at radius 1 is 1.03 bits per heavy atom. The molecule has 160 valence electrons. The summed E-state index contributed by atoms with van der Waals surface area (Å²) in [6, 6.07) is 14.6. The van der Waals surface area contributed by atoms with E-state index in [9.17, 15) is 0 Å². The molecule has 0 bridgehead atoms. The SMILES string of the molecule is CCc1ccc(-c2noc(C3=C(C)N(CC)C(=S)NC3c3ccc(C)c(C)c3)n2)cc1. The van der Waals surface area contributed by atoms with Crippen molar-refractivity contribution in [2.24, 2.45) is 0 Å². The van der Waals surface area contributed by atoms with E-state index in [1.807, 2.05) is 12.1 Å². The number of allylic oxidation sites excluding steroid dienone is 1. The lowest BCUT2D eigenvalue weighted by Gasteiger charge is -2.36. The van der Waals surface area contributed by atoms with Gasteiger partial charge in [0, 0.05) is 17.8 Å². The molecular formula is C25H28N4OS. The first-order chi connectivity index (χ1) is 14.9. The van der Waals surface area contributed by atoms with E-state index in [0.717, 1.165) is 35.4 Å². The molecule has 0 saturated heterocycles. The third-order valence-corrected chi connectivity index (χ3v) is 6.39. The molecule has 5 nitrogen and oxygen atoms in total. The van der Waals surface area contributed by atoms with Crippen molar-refractivity contribution in [1.29, 1.82) is 0 Å². The molecule has 2 heterocycles. The molecule has 0 aliphatic carbocycles. The molecule has 1 aliphatic rings. The van der Waals surface area contributed by atoms with Gasteiger partial charge in [-0.25, -0.2) is 0 Å². The van der Waals surface area contributed by atoms with E-state index >= 15 is 0 Å². The van der Waals surface area contributed by atoms with Crippen LogP contribution >= 0.6 is 12.2 Å². The Labute approximate surface area is 189 Å². The first-order valence-electron chi connectivity index (χ1n) is 10.7. The van der Waals surface area contributed by atoms with Crippen LogP contribution in [0.5, 0.6) is 0 Å². The summed E-state index contributed by atoms with van der Waals surface area (Å²) in [5, 5.41) is 8.49. The molecule has 1 aromatic heterocycles. The number of aryl methyl sites for hydroxylation is 3. The number of thiocarbonyl (C=S) groups is 1. The number of rotatable bonds is 5. The molecule has 1 atom stereocenters. The highest BCUT2D eigenvalue weighted by molar-refractivity contribution is 7.80. The molecule has 0 radical (unpaired) electrons. The van der Waals surface area contributed by atoms with Gasteiger partial charge in [0.1, 0.15) is 0 Å². The topological polar surface area (TPSA) is 54.2 Å². The summed E-state index contributed by atoms with van der Waals surface area (Å²) in [4.78, 5) is 6.85. The molecule has 0 amide bonds. The fraction of sp³-hybridized carbons (Fsp3) is 0.320. The average Bonchev–Trinajstić information content (AvgIpc) is 3.25. The second-order valence-corrected chi connectivity index (χ2v) is 8.33. The molecule has 0 saturated carbocycles. The van der Waals surface area contributed by atoms with E-state index in [-0.39, 0.29) is 6.04 Å². The van der Waals surface area contributed by atoms with Crippen molar-refractivity contribution >= 4 is 22.9 Å². The van der Waals surface area contributed by atoms with Gasteiger partial charge in [0.05, 0.1) is 11.6 Å². The molecule has 0 spiro atoms. The molecule has 0 fully saturated rings. The van der Waals surface area contributed by atoms with Crippen LogP contribution in [0.4, 0.5) is 0 Å². The summed E-state index contributed by atoms with van der Waals surface area (Å²) in [5.41, 5.74) is 7.85. The molecule has 6 heteroatoms. The number of aromatic nitrogens is 2. The van der Waals surface area contributed by atoms with Crippen LogP contribution in [0.3, 0.4) is 0 Å². The monoisotopic (exact) mass is 432 g/mol. The number of nitrogens with zero attached hydrogens (tertiary/aromatic N) is 3. The zero-order valence-electron chi connectivity index (χ0n) is 18.7. The Bertz CT molecular complexity index is 1150. The van der Waals surface area contributed by atoms with E-state index in [1.54, 1.807) is 0 Å². The van der Waals surface area contributed by atoms with Gasteiger partial charge in [0.15, 0.2) is 5.11 Å². The van der Waals surface area contributed by atoms with Gasteiger partial charge in [-0.2, -0.15) is 4.98 Å². The maximum Gasteiger partial charge on any atom is 0.258 e. The summed E-state index contributed by atoms with van der Waals surface area (Å²) in [6.45, 7) is 11.3. The summed E-state index contributed by atoms with van der Waals surface area (Å²) in [5.74, 6) is 1.11. The van der Waals surface area contributed by atoms with Crippen molar-refractivity contribution in [2.75, 3.05) is 6.54 Å². The average molecular weight is 433 g/mol. The highest BCUT2D eigenvalue weighted by Crippen LogP contribution is 2.37. The lowest BCUT2D eigenvalue weighted by Crippen LogP contribution is -2.45. The van der Waals surface area contributed by atoms with Gasteiger partial charge in [-0.15, -0.1) is 0 Å². The Balaban J connectivity index is 1.79. The van der Waals surface area contributed by atoms with Crippen LogP contribution < -0.4 is 5.32 Å². The van der Waals surface area contributed by atoms with Gasteiger partial charge in [-0.05, 0) is 68.6 Å². The molecule has 1 aliphatic heterocycles. The summed E-state index contributed by atoms with van der Waals surface area (Å²) >= 11 is 5.66. The maximum absolute atomic E-state index is 5.79. The largest absolute Gasteiger partial charge is 0.351 e. The highest BCUT2D eigenvalue weighted by Gasteiger charge is 2.33. The smallest absolute Gasteiger partial charge is 0.258 e. The van der Waals surface area contributed by atoms with Gasteiger partial charge in [-0.1, -0.05) is 54.5 Å². The Hall–Kier alpha value is -2.99. The van der Waals surface area contributed by atoms with Crippen LogP contribution in [-0.2, 0) is 6.42 Å². The molecule has 31 heavy (non-hydrogen) atoms. The van der Waals surface area contributed by atoms with Gasteiger partial charge in [0.25, 0.3) is 5.89 Å². The molecular weight excluding hydrogens is 404 g/mol. The van der Waals surface area contributed by atoms with Gasteiger partial charge in [-0.3, -0.25) is 0 Å². The Morgan fingerprint density at radius 2 is 1.77 bits per heavy atom. The molecule has 3 aromatic rings. The Kier molecular flexibility index (Phi) is 5.92. The number of hydrogen-bond donors (Lipinski definition) is 1. The molecule has 2 aromatic carbocycles. The van der Waals surface area contributed by atoms with Crippen molar-refractivity contribution in [2.45, 2.75) is 47.1 Å². The quantitative estimate of drug-likeness (QED) is 0.530. The van der Waals surface area contributed by atoms with E-state index < -0.39 is 0 Å². The maximum atomic E-state index is 5.79. The van der Waals surface area contributed by atoms with Crippen molar-refractivity contribution in [3.63, 3.8) is 0 Å². The second-order valence-electron chi connectivity index (χ2n) is 7.94. The van der Waals surface area contributed by atoms with Crippen LogP contribution in [-0.4, -0.2) is 26.7 Å². The van der Waals surface area contributed by atoms with Crippen LogP contribution in [0.25, 0.3) is 17.0 Å². The minimum Gasteiger partial charge on any atom is -0.351 e.